The molecule has 0 N–H and O–H groups in total. The highest BCUT2D eigenvalue weighted by Crippen LogP contribution is 2.41. The summed E-state index contributed by atoms with van der Waals surface area (Å²) in [7, 11) is 0. The van der Waals surface area contributed by atoms with Gasteiger partial charge in [-0.25, -0.2) is 9.97 Å². The first-order chi connectivity index (χ1) is 23.8. The summed E-state index contributed by atoms with van der Waals surface area (Å²) in [5.74, 6) is 0.717. The fraction of sp³-hybridized carbons (Fsp3) is 0. The lowest BCUT2D eigenvalue weighted by atomic mass is 9.91. The van der Waals surface area contributed by atoms with E-state index in [1.165, 1.54) is 32.7 Å². The molecule has 48 heavy (non-hydrogen) atoms. The lowest BCUT2D eigenvalue weighted by Crippen LogP contribution is -1.99. The fourth-order valence-electron chi connectivity index (χ4n) is 6.95. The minimum atomic E-state index is 0.717. The lowest BCUT2D eigenvalue weighted by molar-refractivity contribution is 1.19. The van der Waals surface area contributed by atoms with Gasteiger partial charge >= 0.3 is 0 Å². The maximum absolute atomic E-state index is 5.46. The quantitative estimate of drug-likeness (QED) is 0.143. The molecular formula is C46H30N2. The van der Waals surface area contributed by atoms with Gasteiger partial charge in [-0.1, -0.05) is 164 Å². The topological polar surface area (TPSA) is 25.8 Å². The number of rotatable bonds is 5. The maximum atomic E-state index is 5.46. The monoisotopic (exact) mass is 610 g/mol. The molecule has 1 heterocycles. The third kappa shape index (κ3) is 4.92. The van der Waals surface area contributed by atoms with Crippen LogP contribution in [0.2, 0.25) is 0 Å². The molecule has 0 radical (unpaired) electrons. The Labute approximate surface area is 279 Å². The lowest BCUT2D eigenvalue weighted by Gasteiger charge is -2.17. The van der Waals surface area contributed by atoms with Gasteiger partial charge in [-0.2, -0.15) is 0 Å². The zero-order valence-corrected chi connectivity index (χ0v) is 26.2. The molecule has 2 heteroatoms. The zero-order chi connectivity index (χ0) is 31.9. The second kappa shape index (κ2) is 11.8. The molecule has 2 nitrogen and oxygen atoms in total. The summed E-state index contributed by atoms with van der Waals surface area (Å²) in [6.45, 7) is 0. The van der Waals surface area contributed by atoms with Crippen LogP contribution in [-0.2, 0) is 0 Å². The van der Waals surface area contributed by atoms with E-state index in [4.69, 9.17) is 9.97 Å². The van der Waals surface area contributed by atoms with Crippen LogP contribution in [0.25, 0.3) is 88.5 Å². The Balaban J connectivity index is 1.36. The van der Waals surface area contributed by atoms with Crippen LogP contribution < -0.4 is 0 Å². The van der Waals surface area contributed by atoms with Crippen molar-refractivity contribution in [3.05, 3.63) is 182 Å². The van der Waals surface area contributed by atoms with Crippen LogP contribution in [0, 0.1) is 0 Å². The summed E-state index contributed by atoms with van der Waals surface area (Å²) >= 11 is 0. The van der Waals surface area contributed by atoms with Crippen molar-refractivity contribution in [2.75, 3.05) is 0 Å². The predicted molar refractivity (Wildman–Crippen MR) is 202 cm³/mol. The molecule has 9 rings (SSSR count). The number of hydrogen-bond acceptors (Lipinski definition) is 2. The summed E-state index contributed by atoms with van der Waals surface area (Å²) in [6, 6.07) is 64.5. The Morgan fingerprint density at radius 2 is 0.896 bits per heavy atom. The third-order valence-electron chi connectivity index (χ3n) is 9.28. The van der Waals surface area contributed by atoms with Crippen molar-refractivity contribution in [1.82, 2.24) is 9.97 Å². The highest BCUT2D eigenvalue weighted by molar-refractivity contribution is 6.19. The van der Waals surface area contributed by atoms with E-state index in [1.807, 2.05) is 6.07 Å². The van der Waals surface area contributed by atoms with Crippen LogP contribution in [-0.4, -0.2) is 9.97 Å². The summed E-state index contributed by atoms with van der Waals surface area (Å²) in [6.07, 6.45) is 0. The van der Waals surface area contributed by atoms with E-state index in [1.54, 1.807) is 0 Å². The summed E-state index contributed by atoms with van der Waals surface area (Å²) in [4.78, 5) is 10.8. The molecule has 0 unspecified atom stereocenters. The van der Waals surface area contributed by atoms with Gasteiger partial charge in [0.05, 0.1) is 11.4 Å². The fourth-order valence-corrected chi connectivity index (χ4v) is 6.95. The molecule has 0 aliphatic rings. The Morgan fingerprint density at radius 3 is 1.65 bits per heavy atom. The molecule has 0 saturated heterocycles. The Hall–Kier alpha value is -6.38. The molecule has 1 aromatic heterocycles. The van der Waals surface area contributed by atoms with Crippen LogP contribution in [0.15, 0.2) is 182 Å². The van der Waals surface area contributed by atoms with Gasteiger partial charge in [0.2, 0.25) is 0 Å². The van der Waals surface area contributed by atoms with Gasteiger partial charge in [0.15, 0.2) is 5.82 Å². The molecule has 0 spiro atoms. The van der Waals surface area contributed by atoms with Crippen molar-refractivity contribution < 1.29 is 0 Å². The molecule has 0 saturated carbocycles. The number of benzene rings is 8. The van der Waals surface area contributed by atoms with E-state index < -0.39 is 0 Å². The highest BCUT2D eigenvalue weighted by atomic mass is 14.9. The van der Waals surface area contributed by atoms with Gasteiger partial charge in [-0.3, -0.25) is 0 Å². The zero-order valence-electron chi connectivity index (χ0n) is 26.2. The normalized spacial score (nSPS) is 11.3. The number of aromatic nitrogens is 2. The summed E-state index contributed by atoms with van der Waals surface area (Å²) in [5, 5.41) is 7.10. The average molecular weight is 611 g/mol. The van der Waals surface area contributed by atoms with E-state index in [-0.39, 0.29) is 0 Å². The van der Waals surface area contributed by atoms with Gasteiger partial charge in [0, 0.05) is 16.7 Å². The second-order valence-corrected chi connectivity index (χ2v) is 12.2. The van der Waals surface area contributed by atoms with Crippen LogP contribution >= 0.6 is 0 Å². The SMILES string of the molecule is c1ccc(-c2ccc(-c3cc(-c4ccccc4)nc(-c4c5ccccc5cc5c4ccc4ccccc45)n3)c(-c3ccccc3)c2)cc1. The molecule has 0 bridgehead atoms. The minimum Gasteiger partial charge on any atom is -0.228 e. The van der Waals surface area contributed by atoms with E-state index in [9.17, 15) is 0 Å². The maximum Gasteiger partial charge on any atom is 0.161 e. The van der Waals surface area contributed by atoms with Crippen LogP contribution in [0.1, 0.15) is 0 Å². The van der Waals surface area contributed by atoms with Crippen molar-refractivity contribution in [1.29, 1.82) is 0 Å². The van der Waals surface area contributed by atoms with Crippen LogP contribution in [0.4, 0.5) is 0 Å². The molecule has 0 amide bonds. The first-order valence-corrected chi connectivity index (χ1v) is 16.3. The molecule has 224 valence electrons. The largest absolute Gasteiger partial charge is 0.228 e. The number of fused-ring (bicyclic) bond motifs is 4. The Kier molecular flexibility index (Phi) is 6.84. The van der Waals surface area contributed by atoms with Gasteiger partial charge in [-0.05, 0) is 72.8 Å². The molecule has 0 aliphatic carbocycles. The number of nitrogens with zero attached hydrogens (tertiary/aromatic N) is 2. The summed E-state index contributed by atoms with van der Waals surface area (Å²) in [5.41, 5.74) is 9.59. The van der Waals surface area contributed by atoms with Gasteiger partial charge < -0.3 is 0 Å². The molecule has 0 aliphatic heterocycles. The van der Waals surface area contributed by atoms with Gasteiger partial charge in [0.1, 0.15) is 0 Å². The van der Waals surface area contributed by atoms with E-state index >= 15 is 0 Å². The van der Waals surface area contributed by atoms with Crippen molar-refractivity contribution in [2.45, 2.75) is 0 Å². The third-order valence-corrected chi connectivity index (χ3v) is 9.28. The van der Waals surface area contributed by atoms with Gasteiger partial charge in [0.25, 0.3) is 0 Å². The first-order valence-electron chi connectivity index (χ1n) is 16.3. The van der Waals surface area contributed by atoms with Crippen LogP contribution in [0.5, 0.6) is 0 Å². The van der Waals surface area contributed by atoms with E-state index in [2.05, 4.69) is 176 Å². The first kappa shape index (κ1) is 27.9. The smallest absolute Gasteiger partial charge is 0.161 e. The van der Waals surface area contributed by atoms with Gasteiger partial charge in [-0.15, -0.1) is 0 Å². The van der Waals surface area contributed by atoms with Crippen molar-refractivity contribution in [3.8, 4) is 56.2 Å². The second-order valence-electron chi connectivity index (χ2n) is 12.2. The molecule has 0 fully saturated rings. The average Bonchev–Trinajstić information content (AvgIpc) is 3.17. The van der Waals surface area contributed by atoms with E-state index in [0.717, 1.165) is 55.8 Å². The Morgan fingerprint density at radius 1 is 0.292 bits per heavy atom. The predicted octanol–water partition coefficient (Wildman–Crippen LogP) is 12.3. The van der Waals surface area contributed by atoms with Crippen molar-refractivity contribution in [2.24, 2.45) is 0 Å². The molecule has 8 aromatic carbocycles. The number of hydrogen-bond donors (Lipinski definition) is 0. The van der Waals surface area contributed by atoms with Crippen molar-refractivity contribution in [3.63, 3.8) is 0 Å². The standard InChI is InChI=1S/C46H30N2/c1-4-14-31(15-5-1)35-25-26-39(41(28-35)32-16-6-2-7-17-32)44-30-43(34-19-8-3-9-20-34)47-46(48-44)45-38-23-13-11-21-36(38)29-42-37-22-12-10-18-33(37)24-27-40(42)45/h1-30H. The highest BCUT2D eigenvalue weighted by Gasteiger charge is 2.19. The minimum absolute atomic E-state index is 0.717. The summed E-state index contributed by atoms with van der Waals surface area (Å²) < 4.78 is 0. The molecule has 9 aromatic rings. The van der Waals surface area contributed by atoms with Crippen LogP contribution in [0.3, 0.4) is 0 Å². The van der Waals surface area contributed by atoms with Crippen molar-refractivity contribution >= 4 is 32.3 Å². The van der Waals surface area contributed by atoms with E-state index in [0.29, 0.717) is 0 Å². The Bertz CT molecular complexity index is 2590. The molecule has 0 atom stereocenters. The molecular weight excluding hydrogens is 581 g/mol.